The van der Waals surface area contributed by atoms with Gasteiger partial charge in [0.15, 0.2) is 0 Å². The third-order valence-corrected chi connectivity index (χ3v) is 10.2. The molecule has 0 aromatic heterocycles. The number of carboxylic acid groups (broad SMARTS) is 2. The van der Waals surface area contributed by atoms with E-state index in [-0.39, 0.29) is 6.10 Å². The van der Waals surface area contributed by atoms with E-state index < -0.39 is 22.0 Å². The van der Waals surface area contributed by atoms with E-state index in [4.69, 9.17) is 24.5 Å². The fourth-order valence-electron chi connectivity index (χ4n) is 4.73. The first-order valence-corrected chi connectivity index (χ1v) is 15.2. The lowest BCUT2D eigenvalue weighted by atomic mass is 9.92. The van der Waals surface area contributed by atoms with Crippen LogP contribution in [0.4, 0.5) is 11.4 Å². The van der Waals surface area contributed by atoms with E-state index in [9.17, 15) is 13.5 Å². The third kappa shape index (κ3) is 7.46. The van der Waals surface area contributed by atoms with E-state index in [0.29, 0.717) is 10.8 Å². The first-order valence-electron chi connectivity index (χ1n) is 12.9. The van der Waals surface area contributed by atoms with Crippen LogP contribution in [0.3, 0.4) is 0 Å². The van der Waals surface area contributed by atoms with Crippen LogP contribution in [0.2, 0.25) is 0 Å². The number of aliphatic carboxylic acids is 2. The molecule has 0 amide bonds. The van der Waals surface area contributed by atoms with Gasteiger partial charge in [-0.1, -0.05) is 17.8 Å². The molecule has 40 heavy (non-hydrogen) atoms. The Bertz CT molecular complexity index is 1300. The van der Waals surface area contributed by atoms with Gasteiger partial charge in [0.25, 0.3) is 0 Å². The summed E-state index contributed by atoms with van der Waals surface area (Å²) < 4.78 is 32.9. The number of aliphatic hydroxyl groups excluding tert-OH is 1. The topological polar surface area (TPSA) is 148 Å². The SMILES string of the molecule is COc1ccc2c(c1)N(CCCN1CCC(C(C)O)CC1)c1cccc(S(=O)(=O)N(C)C)c1S2.O=C(O)C(=O)O. The molecular formula is C27H37N3O8S2. The Kier molecular flexibility index (Phi) is 10.8. The molecule has 0 spiro atoms. The van der Waals surface area contributed by atoms with Crippen molar-refractivity contribution in [1.29, 1.82) is 0 Å². The Morgan fingerprint density at radius 1 is 1.07 bits per heavy atom. The van der Waals surface area contributed by atoms with Crippen molar-refractivity contribution in [3.63, 3.8) is 0 Å². The van der Waals surface area contributed by atoms with Gasteiger partial charge in [0.1, 0.15) is 5.75 Å². The van der Waals surface area contributed by atoms with Crippen molar-refractivity contribution < 1.29 is 38.1 Å². The second kappa shape index (κ2) is 13.7. The van der Waals surface area contributed by atoms with Gasteiger partial charge >= 0.3 is 11.9 Å². The fourth-order valence-corrected chi connectivity index (χ4v) is 7.24. The molecule has 2 aromatic carbocycles. The van der Waals surface area contributed by atoms with Crippen molar-refractivity contribution in [2.75, 3.05) is 52.3 Å². The molecule has 2 aliphatic rings. The van der Waals surface area contributed by atoms with Crippen LogP contribution in [0.25, 0.3) is 0 Å². The second-order valence-corrected chi connectivity index (χ2v) is 13.0. The number of rotatable bonds is 8. The summed E-state index contributed by atoms with van der Waals surface area (Å²) in [5.74, 6) is -2.46. The van der Waals surface area contributed by atoms with Gasteiger partial charge in [-0.3, -0.25) is 0 Å². The molecule has 3 N–H and O–H groups in total. The number of likely N-dealkylation sites (tertiary alicyclic amines) is 1. The number of carboxylic acids is 2. The van der Waals surface area contributed by atoms with Gasteiger partial charge in [-0.05, 0) is 76.0 Å². The standard InChI is InChI=1S/C25H35N3O4S2.C2H2O4/c1-18(29)19-11-15-27(16-12-19)13-6-14-28-21-7-5-8-24(34(30,31)26(2)3)25(21)33-23-10-9-20(32-4)17-22(23)28;3-1(4)2(5)6/h5,7-10,17-19,29H,6,11-16H2,1-4H3;(H,3,4)(H,5,6). The Morgan fingerprint density at radius 2 is 1.73 bits per heavy atom. The second-order valence-electron chi connectivity index (χ2n) is 9.86. The van der Waals surface area contributed by atoms with Crippen LogP contribution in [0, 0.1) is 5.92 Å². The number of piperidine rings is 1. The summed E-state index contributed by atoms with van der Waals surface area (Å²) in [5, 5.41) is 24.7. The number of methoxy groups -OCH3 is 1. The van der Waals surface area contributed by atoms with Crippen LogP contribution in [-0.4, -0.2) is 98.4 Å². The highest BCUT2D eigenvalue weighted by Gasteiger charge is 2.31. The fraction of sp³-hybridized carbons (Fsp3) is 0.481. The Morgan fingerprint density at radius 3 is 2.27 bits per heavy atom. The summed E-state index contributed by atoms with van der Waals surface area (Å²) in [5.41, 5.74) is 1.96. The van der Waals surface area contributed by atoms with Crippen molar-refractivity contribution in [2.24, 2.45) is 5.92 Å². The maximum atomic E-state index is 13.1. The molecule has 1 fully saturated rings. The van der Waals surface area contributed by atoms with Crippen molar-refractivity contribution in [1.82, 2.24) is 9.21 Å². The molecule has 1 atom stereocenters. The summed E-state index contributed by atoms with van der Waals surface area (Å²) in [4.78, 5) is 25.0. The molecule has 2 aromatic rings. The molecule has 1 unspecified atom stereocenters. The number of anilines is 2. The molecule has 4 rings (SSSR count). The highest BCUT2D eigenvalue weighted by Crippen LogP contribution is 2.51. The van der Waals surface area contributed by atoms with Crippen LogP contribution < -0.4 is 9.64 Å². The zero-order chi connectivity index (χ0) is 29.6. The van der Waals surface area contributed by atoms with E-state index in [1.807, 2.05) is 37.3 Å². The number of sulfonamides is 1. The van der Waals surface area contributed by atoms with Crippen LogP contribution in [0.1, 0.15) is 26.2 Å². The maximum absolute atomic E-state index is 13.1. The van der Waals surface area contributed by atoms with Crippen LogP contribution in [0.15, 0.2) is 51.1 Å². The number of ether oxygens (including phenoxy) is 1. The molecule has 2 aliphatic heterocycles. The predicted octanol–water partition coefficient (Wildman–Crippen LogP) is 3.19. The summed E-state index contributed by atoms with van der Waals surface area (Å²) in [6.45, 7) is 5.66. The van der Waals surface area contributed by atoms with Gasteiger partial charge in [0.05, 0.1) is 34.4 Å². The molecule has 0 aliphatic carbocycles. The Labute approximate surface area is 239 Å². The maximum Gasteiger partial charge on any atom is 0.414 e. The van der Waals surface area contributed by atoms with Gasteiger partial charge in [-0.2, -0.15) is 0 Å². The zero-order valence-electron chi connectivity index (χ0n) is 23.1. The lowest BCUT2D eigenvalue weighted by molar-refractivity contribution is -0.159. The average Bonchev–Trinajstić information content (AvgIpc) is 2.92. The summed E-state index contributed by atoms with van der Waals surface area (Å²) in [7, 11) is 1.22. The van der Waals surface area contributed by atoms with Gasteiger partial charge in [-0.15, -0.1) is 0 Å². The van der Waals surface area contributed by atoms with Crippen molar-refractivity contribution in [3.8, 4) is 5.75 Å². The quantitative estimate of drug-likeness (QED) is 0.387. The molecule has 0 saturated carbocycles. The van der Waals surface area contributed by atoms with E-state index in [1.54, 1.807) is 27.3 Å². The number of benzene rings is 2. The van der Waals surface area contributed by atoms with E-state index >= 15 is 0 Å². The monoisotopic (exact) mass is 595 g/mol. The first kappa shape index (κ1) is 31.7. The molecule has 220 valence electrons. The third-order valence-electron chi connectivity index (χ3n) is 7.03. The summed E-state index contributed by atoms with van der Waals surface area (Å²) in [6.07, 6.45) is 2.79. The number of fused-ring (bicyclic) bond motifs is 2. The van der Waals surface area contributed by atoms with Crippen molar-refractivity contribution >= 4 is 45.1 Å². The first-order chi connectivity index (χ1) is 18.9. The predicted molar refractivity (Wildman–Crippen MR) is 152 cm³/mol. The largest absolute Gasteiger partial charge is 0.497 e. The van der Waals surface area contributed by atoms with Gasteiger partial charge in [-0.25, -0.2) is 22.3 Å². The van der Waals surface area contributed by atoms with Crippen LogP contribution in [0.5, 0.6) is 5.75 Å². The van der Waals surface area contributed by atoms with E-state index in [1.165, 1.54) is 16.1 Å². The van der Waals surface area contributed by atoms with Crippen LogP contribution in [-0.2, 0) is 19.6 Å². The minimum absolute atomic E-state index is 0.233. The number of hydrogen-bond acceptors (Lipinski definition) is 9. The Hall–Kier alpha value is -2.84. The van der Waals surface area contributed by atoms with Crippen molar-refractivity contribution in [3.05, 3.63) is 36.4 Å². The summed E-state index contributed by atoms with van der Waals surface area (Å²) in [6, 6.07) is 11.5. The van der Waals surface area contributed by atoms with E-state index in [2.05, 4.69) is 9.80 Å². The Balaban J connectivity index is 0.000000663. The average molecular weight is 596 g/mol. The molecule has 13 heteroatoms. The normalized spacial score (nSPS) is 16.4. The number of aliphatic hydroxyl groups is 1. The molecule has 2 heterocycles. The minimum atomic E-state index is -3.57. The van der Waals surface area contributed by atoms with Crippen LogP contribution >= 0.6 is 11.8 Å². The molecule has 1 saturated heterocycles. The van der Waals surface area contributed by atoms with Gasteiger partial charge in [0.2, 0.25) is 10.0 Å². The summed E-state index contributed by atoms with van der Waals surface area (Å²) >= 11 is 1.50. The highest BCUT2D eigenvalue weighted by atomic mass is 32.2. The van der Waals surface area contributed by atoms with Gasteiger partial charge < -0.3 is 29.9 Å². The number of hydrogen-bond donors (Lipinski definition) is 3. The lowest BCUT2D eigenvalue weighted by Crippen LogP contribution is -2.38. The number of carbonyl (C=O) groups is 2. The lowest BCUT2D eigenvalue weighted by Gasteiger charge is -2.36. The van der Waals surface area contributed by atoms with Gasteiger partial charge in [0, 0.05) is 31.6 Å². The molecule has 0 bridgehead atoms. The highest BCUT2D eigenvalue weighted by molar-refractivity contribution is 8.00. The van der Waals surface area contributed by atoms with Crippen molar-refractivity contribution in [2.45, 2.75) is 47.0 Å². The van der Waals surface area contributed by atoms with E-state index in [0.717, 1.165) is 72.4 Å². The molecule has 11 nitrogen and oxygen atoms in total. The molecular weight excluding hydrogens is 558 g/mol. The zero-order valence-corrected chi connectivity index (χ0v) is 24.7. The number of nitrogens with zero attached hydrogens (tertiary/aromatic N) is 3. The minimum Gasteiger partial charge on any atom is -0.497 e. The molecule has 0 radical (unpaired) electrons. The smallest absolute Gasteiger partial charge is 0.414 e.